The maximum absolute atomic E-state index is 12.0. The van der Waals surface area contributed by atoms with Crippen molar-refractivity contribution in [1.29, 1.82) is 0 Å². The van der Waals surface area contributed by atoms with Crippen LogP contribution in [0.3, 0.4) is 0 Å². The molecule has 366 valence electrons. The Bertz CT molecular complexity index is 1960. The second-order valence-electron chi connectivity index (χ2n) is 26.2. The van der Waals surface area contributed by atoms with Gasteiger partial charge >= 0.3 is 17.9 Å². The summed E-state index contributed by atoms with van der Waals surface area (Å²) < 4.78 is 0. The molecule has 15 atom stereocenters. The summed E-state index contributed by atoms with van der Waals surface area (Å²) in [5.41, 5.74) is 4.15. The van der Waals surface area contributed by atoms with E-state index < -0.39 is 34.2 Å². The molecule has 0 aliphatic heterocycles. The maximum atomic E-state index is 12.0. The van der Waals surface area contributed by atoms with Gasteiger partial charge in [-0.1, -0.05) is 114 Å². The molecule has 0 aromatic heterocycles. The smallest absolute Gasteiger partial charge is 0.309 e. The molecule has 9 aliphatic carbocycles. The van der Waals surface area contributed by atoms with Crippen LogP contribution in [0.4, 0.5) is 0 Å². The lowest BCUT2D eigenvalue weighted by atomic mass is 9.45. The van der Waals surface area contributed by atoms with E-state index in [-0.39, 0.29) is 38.4 Å². The van der Waals surface area contributed by atoms with Crippen molar-refractivity contribution in [1.82, 2.24) is 0 Å². The molecule has 9 aliphatic rings. The van der Waals surface area contributed by atoms with Gasteiger partial charge in [-0.25, -0.2) is 0 Å². The van der Waals surface area contributed by atoms with E-state index in [0.29, 0.717) is 29.6 Å². The molecule has 0 saturated heterocycles. The molecule has 6 fully saturated rings. The van der Waals surface area contributed by atoms with Gasteiger partial charge in [0.2, 0.25) is 0 Å². The number of rotatable bonds is 6. The Morgan fingerprint density at radius 1 is 0.485 bits per heavy atom. The highest BCUT2D eigenvalue weighted by atomic mass is 16.4. The van der Waals surface area contributed by atoms with Crippen molar-refractivity contribution in [2.75, 3.05) is 0 Å². The van der Waals surface area contributed by atoms with Gasteiger partial charge in [-0.05, 0) is 194 Å². The average molecular weight is 907 g/mol. The van der Waals surface area contributed by atoms with Gasteiger partial charge in [0.05, 0.1) is 16.2 Å². The first kappa shape index (κ1) is 50.7. The van der Waals surface area contributed by atoms with E-state index >= 15 is 0 Å². The molecule has 66 heavy (non-hydrogen) atoms. The maximum Gasteiger partial charge on any atom is 0.309 e. The first-order valence-electron chi connectivity index (χ1n) is 26.5. The number of carboxylic acids is 3. The van der Waals surface area contributed by atoms with Crippen molar-refractivity contribution < 1.29 is 29.7 Å². The van der Waals surface area contributed by atoms with Crippen molar-refractivity contribution in [3.8, 4) is 0 Å². The lowest BCUT2D eigenvalue weighted by Crippen LogP contribution is -2.54. The van der Waals surface area contributed by atoms with Gasteiger partial charge in [0.15, 0.2) is 0 Å². The molecular weight excluding hydrogens is 817 g/mol. The van der Waals surface area contributed by atoms with Gasteiger partial charge in [0, 0.05) is 10.8 Å². The number of hydrogen-bond donors (Lipinski definition) is 3. The van der Waals surface area contributed by atoms with Gasteiger partial charge in [-0.2, -0.15) is 0 Å². The Hall–Kier alpha value is -3.15. The fourth-order valence-electron chi connectivity index (χ4n) is 17.7. The third-order valence-corrected chi connectivity index (χ3v) is 22.2. The van der Waals surface area contributed by atoms with Crippen molar-refractivity contribution in [3.05, 3.63) is 72.9 Å². The zero-order valence-electron chi connectivity index (χ0n) is 43.0. The molecule has 0 radical (unpaired) electrons. The van der Waals surface area contributed by atoms with Crippen LogP contribution >= 0.6 is 0 Å². The summed E-state index contributed by atoms with van der Waals surface area (Å²) >= 11 is 0. The topological polar surface area (TPSA) is 112 Å². The Morgan fingerprint density at radius 2 is 0.848 bits per heavy atom. The predicted molar refractivity (Wildman–Crippen MR) is 269 cm³/mol. The monoisotopic (exact) mass is 907 g/mol. The molecule has 6 heteroatoms. The molecule has 0 bridgehead atoms. The third-order valence-electron chi connectivity index (χ3n) is 22.2. The molecule has 6 nitrogen and oxygen atoms in total. The van der Waals surface area contributed by atoms with E-state index in [2.05, 4.69) is 97.7 Å². The Morgan fingerprint density at radius 3 is 1.23 bits per heavy atom. The van der Waals surface area contributed by atoms with Crippen molar-refractivity contribution in [3.63, 3.8) is 0 Å². The van der Waals surface area contributed by atoms with E-state index in [1.807, 2.05) is 20.8 Å². The van der Waals surface area contributed by atoms with E-state index in [1.54, 1.807) is 16.7 Å². The number of allylic oxidation sites excluding steroid dienone is 9. The molecular formula is C60H90O6. The SMILES string of the molecule is C=CC1(C)C=C2CCC3C(C)(C(=O)O)CCCC3(C)C2CC1.C=CC1(C)C=C2CCC3C(C)(C(=O)O)CCCC3(C)C2CC1.C=CC1(C)CCC2C(=CCC3C(C)(C(=O)O)CCCC23C)C1. The van der Waals surface area contributed by atoms with Crippen LogP contribution in [-0.4, -0.2) is 33.2 Å². The van der Waals surface area contributed by atoms with E-state index in [9.17, 15) is 29.7 Å². The van der Waals surface area contributed by atoms with Gasteiger partial charge in [-0.3, -0.25) is 14.4 Å². The highest BCUT2D eigenvalue weighted by Gasteiger charge is 2.61. The fourth-order valence-corrected chi connectivity index (χ4v) is 17.7. The molecule has 15 unspecified atom stereocenters. The summed E-state index contributed by atoms with van der Waals surface area (Å²) in [6, 6.07) is 0. The summed E-state index contributed by atoms with van der Waals surface area (Å²) in [7, 11) is 0. The van der Waals surface area contributed by atoms with Crippen molar-refractivity contribution in [2.24, 2.45) is 84.2 Å². The van der Waals surface area contributed by atoms with Crippen LogP contribution in [0.15, 0.2) is 72.9 Å². The number of fused-ring (bicyclic) bond motifs is 9. The second-order valence-corrected chi connectivity index (χ2v) is 26.2. The lowest BCUT2D eigenvalue weighted by Gasteiger charge is -2.59. The fraction of sp³-hybridized carbons (Fsp3) is 0.750. The molecule has 0 aromatic rings. The highest BCUT2D eigenvalue weighted by molar-refractivity contribution is 5.76. The third kappa shape index (κ3) is 8.32. The van der Waals surface area contributed by atoms with Crippen LogP contribution in [0, 0.1) is 84.2 Å². The quantitative estimate of drug-likeness (QED) is 0.229. The van der Waals surface area contributed by atoms with E-state index in [0.717, 1.165) is 89.9 Å². The minimum Gasteiger partial charge on any atom is -0.481 e. The highest BCUT2D eigenvalue weighted by Crippen LogP contribution is 2.67. The normalized spacial score (nSPS) is 47.9. The van der Waals surface area contributed by atoms with Crippen LogP contribution in [0.2, 0.25) is 0 Å². The summed E-state index contributed by atoms with van der Waals surface area (Å²) in [5.74, 6) is 0.919. The van der Waals surface area contributed by atoms with Gasteiger partial charge in [-0.15, -0.1) is 19.7 Å². The molecule has 0 heterocycles. The summed E-state index contributed by atoms with van der Waals surface area (Å²) in [4.78, 5) is 35.9. The zero-order chi connectivity index (χ0) is 48.5. The van der Waals surface area contributed by atoms with Crippen LogP contribution in [0.25, 0.3) is 0 Å². The van der Waals surface area contributed by atoms with E-state index in [4.69, 9.17) is 0 Å². The molecule has 9 rings (SSSR count). The van der Waals surface area contributed by atoms with Crippen LogP contribution in [0.1, 0.15) is 197 Å². The largest absolute Gasteiger partial charge is 0.481 e. The average Bonchev–Trinajstić information content (AvgIpc) is 3.26. The van der Waals surface area contributed by atoms with Gasteiger partial charge in [0.1, 0.15) is 0 Å². The molecule has 6 saturated carbocycles. The molecule has 0 spiro atoms. The first-order valence-corrected chi connectivity index (χ1v) is 26.5. The van der Waals surface area contributed by atoms with Crippen LogP contribution in [-0.2, 0) is 14.4 Å². The first-order chi connectivity index (χ1) is 30.8. The Labute approximate surface area is 400 Å². The summed E-state index contributed by atoms with van der Waals surface area (Å²) in [6.45, 7) is 32.1. The number of carbonyl (C=O) groups is 3. The van der Waals surface area contributed by atoms with Crippen molar-refractivity contribution >= 4 is 17.9 Å². The molecule has 3 N–H and O–H groups in total. The minimum atomic E-state index is -0.591. The summed E-state index contributed by atoms with van der Waals surface area (Å²) in [6.07, 6.45) is 36.2. The van der Waals surface area contributed by atoms with Gasteiger partial charge < -0.3 is 15.3 Å². The zero-order valence-corrected chi connectivity index (χ0v) is 43.0. The Kier molecular flexibility index (Phi) is 13.6. The molecule has 0 aromatic carbocycles. The number of hydrogen-bond acceptors (Lipinski definition) is 3. The van der Waals surface area contributed by atoms with Gasteiger partial charge in [0.25, 0.3) is 0 Å². The van der Waals surface area contributed by atoms with E-state index in [1.165, 1.54) is 44.9 Å². The summed E-state index contributed by atoms with van der Waals surface area (Å²) in [5, 5.41) is 29.5. The number of aliphatic carboxylic acids is 3. The molecule has 0 amide bonds. The minimum absolute atomic E-state index is 0.139. The lowest BCUT2D eigenvalue weighted by molar-refractivity contribution is -0.165. The van der Waals surface area contributed by atoms with Crippen molar-refractivity contribution in [2.45, 2.75) is 197 Å². The second kappa shape index (κ2) is 17.7. The number of carboxylic acid groups (broad SMARTS) is 3. The standard InChI is InChI=1S/3C20H30O2/c3*1-5-18(2)12-9-15-14(13-18)7-8-16-19(15,3)10-6-11-20(16,4)17(21)22/h2*5,13,15-16H,1,6-12H2,2-4H3,(H,21,22);5,7,15-16H,1,6,8-13H2,2-4H3,(H,21,22). The Balaban J connectivity index is 0.000000147. The predicted octanol–water partition coefficient (Wildman–Crippen LogP) is 15.6. The van der Waals surface area contributed by atoms with Crippen LogP contribution < -0.4 is 0 Å². The van der Waals surface area contributed by atoms with Crippen LogP contribution in [0.5, 0.6) is 0 Å².